The molecule has 0 radical (unpaired) electrons. The van der Waals surface area contributed by atoms with E-state index in [9.17, 15) is 14.4 Å². The average Bonchev–Trinajstić information content (AvgIpc) is 3.49. The van der Waals surface area contributed by atoms with E-state index in [-0.39, 0.29) is 29.2 Å². The third kappa shape index (κ3) is 11.7. The maximum absolute atomic E-state index is 12.2. The topological polar surface area (TPSA) is 110 Å². The van der Waals surface area contributed by atoms with Gasteiger partial charge in [-0.1, -0.05) is 83.4 Å². The van der Waals surface area contributed by atoms with E-state index in [4.69, 9.17) is 19.7 Å². The van der Waals surface area contributed by atoms with Gasteiger partial charge in [-0.05, 0) is 75.6 Å². The van der Waals surface area contributed by atoms with Gasteiger partial charge >= 0.3 is 17.9 Å². The molecule has 1 fully saturated rings. The molecule has 0 aliphatic carbocycles. The van der Waals surface area contributed by atoms with E-state index < -0.39 is 5.97 Å². The van der Waals surface area contributed by atoms with E-state index in [2.05, 4.69) is 0 Å². The van der Waals surface area contributed by atoms with Crippen molar-refractivity contribution >= 4 is 29.7 Å². The number of thioether (sulfide) groups is 1. The van der Waals surface area contributed by atoms with Crippen LogP contribution < -0.4 is 0 Å². The molecule has 230 valence electrons. The van der Waals surface area contributed by atoms with Gasteiger partial charge in [0.2, 0.25) is 0 Å². The van der Waals surface area contributed by atoms with E-state index in [0.717, 1.165) is 35.1 Å². The second-order valence-electron chi connectivity index (χ2n) is 10.3. The number of aryl methyl sites for hydroxylation is 3. The lowest BCUT2D eigenvalue weighted by atomic mass is 10.1. The van der Waals surface area contributed by atoms with Crippen LogP contribution in [-0.4, -0.2) is 45.4 Å². The van der Waals surface area contributed by atoms with Crippen molar-refractivity contribution in [3.05, 3.63) is 142 Å². The number of benzene rings is 4. The van der Waals surface area contributed by atoms with Gasteiger partial charge < -0.3 is 19.7 Å². The van der Waals surface area contributed by atoms with Crippen molar-refractivity contribution in [2.45, 2.75) is 50.9 Å². The quantitative estimate of drug-likeness (QED) is 0.207. The number of aliphatic hydroxyl groups is 1. The molecule has 2 atom stereocenters. The molecule has 0 bridgehead atoms. The van der Waals surface area contributed by atoms with Crippen LogP contribution in [0.15, 0.2) is 103 Å². The Morgan fingerprint density at radius 3 is 1.61 bits per heavy atom. The van der Waals surface area contributed by atoms with E-state index in [0.29, 0.717) is 23.3 Å². The number of esters is 2. The van der Waals surface area contributed by atoms with Crippen LogP contribution in [0.5, 0.6) is 0 Å². The van der Waals surface area contributed by atoms with Gasteiger partial charge in [-0.3, -0.25) is 0 Å². The number of hydrogen-bond donors (Lipinski definition) is 2. The number of carboxylic acid groups (broad SMARTS) is 1. The van der Waals surface area contributed by atoms with Crippen LogP contribution in [0.3, 0.4) is 0 Å². The lowest BCUT2D eigenvalue weighted by Crippen LogP contribution is -2.15. The molecule has 5 rings (SSSR count). The van der Waals surface area contributed by atoms with Gasteiger partial charge in [0.25, 0.3) is 0 Å². The standard InChI is InChI=1S/C21H22O4S.C8H8O2.C7H8O/c1-14-3-7-16(8-4-14)20(22)24-13-18-11-12-19(26-18)25-21(23)17-9-5-15(2)6-10-17;1-6-2-4-7(5-3-6)8(9)10;8-6-7-4-2-1-3-5-7/h3-10,18-19H,11-13H2,1-2H3;2-5H,1H3,(H,9,10);1-5,8H,6H2/t18-,19?;;/m1../s1. The van der Waals surface area contributed by atoms with Crippen molar-refractivity contribution in [2.75, 3.05) is 6.61 Å². The first-order chi connectivity index (χ1) is 21.1. The molecule has 0 saturated carbocycles. The molecule has 1 unspecified atom stereocenters. The second-order valence-corrected chi connectivity index (χ2v) is 11.8. The van der Waals surface area contributed by atoms with Crippen LogP contribution in [0.1, 0.15) is 66.2 Å². The van der Waals surface area contributed by atoms with Crippen LogP contribution in [0, 0.1) is 20.8 Å². The largest absolute Gasteiger partial charge is 0.478 e. The number of ether oxygens (including phenoxy) is 2. The summed E-state index contributed by atoms with van der Waals surface area (Å²) in [6.07, 6.45) is 1.63. The lowest BCUT2D eigenvalue weighted by molar-refractivity contribution is 0.0456. The Morgan fingerprint density at radius 1 is 0.682 bits per heavy atom. The zero-order chi connectivity index (χ0) is 31.9. The number of hydrogen-bond acceptors (Lipinski definition) is 7. The Bertz CT molecular complexity index is 1470. The fourth-order valence-electron chi connectivity index (χ4n) is 3.98. The van der Waals surface area contributed by atoms with Gasteiger partial charge in [0.05, 0.1) is 23.3 Å². The number of aliphatic hydroxyl groups excluding tert-OH is 1. The predicted octanol–water partition coefficient (Wildman–Crippen LogP) is 7.41. The van der Waals surface area contributed by atoms with Gasteiger partial charge in [0.15, 0.2) is 0 Å². The Labute approximate surface area is 262 Å². The summed E-state index contributed by atoms with van der Waals surface area (Å²) in [5.41, 5.74) is 5.51. The fraction of sp³-hybridized carbons (Fsp3) is 0.250. The van der Waals surface area contributed by atoms with Crippen molar-refractivity contribution in [3.63, 3.8) is 0 Å². The summed E-state index contributed by atoms with van der Waals surface area (Å²) >= 11 is 1.56. The monoisotopic (exact) mass is 614 g/mol. The van der Waals surface area contributed by atoms with Crippen LogP contribution in [-0.2, 0) is 16.1 Å². The van der Waals surface area contributed by atoms with Gasteiger partial charge in [0, 0.05) is 5.25 Å². The molecule has 7 nitrogen and oxygen atoms in total. The lowest BCUT2D eigenvalue weighted by Gasteiger charge is -2.13. The molecule has 1 aliphatic rings. The molecular weight excluding hydrogens is 576 g/mol. The van der Waals surface area contributed by atoms with E-state index in [1.165, 1.54) is 0 Å². The van der Waals surface area contributed by atoms with Gasteiger partial charge in [-0.2, -0.15) is 0 Å². The molecule has 2 N–H and O–H groups in total. The van der Waals surface area contributed by atoms with Crippen molar-refractivity contribution in [2.24, 2.45) is 0 Å². The number of aromatic carboxylic acids is 1. The number of carbonyl (C=O) groups is 3. The predicted molar refractivity (Wildman–Crippen MR) is 173 cm³/mol. The first-order valence-corrected chi connectivity index (χ1v) is 15.2. The van der Waals surface area contributed by atoms with Gasteiger partial charge in [-0.15, -0.1) is 11.8 Å². The third-order valence-corrected chi connectivity index (χ3v) is 8.00. The van der Waals surface area contributed by atoms with E-state index >= 15 is 0 Å². The molecular formula is C36H38O7S. The maximum atomic E-state index is 12.2. The molecule has 0 aromatic heterocycles. The van der Waals surface area contributed by atoms with Gasteiger partial charge in [-0.25, -0.2) is 14.4 Å². The fourth-order valence-corrected chi connectivity index (χ4v) is 5.24. The molecule has 4 aromatic carbocycles. The summed E-state index contributed by atoms with van der Waals surface area (Å²) in [6.45, 7) is 6.34. The molecule has 44 heavy (non-hydrogen) atoms. The first-order valence-electron chi connectivity index (χ1n) is 14.3. The molecule has 1 aliphatic heterocycles. The van der Waals surface area contributed by atoms with Crippen molar-refractivity contribution in [1.29, 1.82) is 0 Å². The second kappa shape index (κ2) is 17.7. The highest BCUT2D eigenvalue weighted by Crippen LogP contribution is 2.35. The number of carboxylic acids is 1. The third-order valence-electron chi connectivity index (χ3n) is 6.61. The van der Waals surface area contributed by atoms with E-state index in [1.807, 2.05) is 75.4 Å². The zero-order valence-electron chi connectivity index (χ0n) is 25.1. The van der Waals surface area contributed by atoms with Crippen molar-refractivity contribution in [1.82, 2.24) is 0 Å². The Kier molecular flexibility index (Phi) is 13.7. The van der Waals surface area contributed by atoms with Crippen LogP contribution in [0.4, 0.5) is 0 Å². The molecule has 1 saturated heterocycles. The minimum absolute atomic E-state index is 0.140. The molecule has 4 aromatic rings. The minimum Gasteiger partial charge on any atom is -0.478 e. The molecule has 0 spiro atoms. The average molecular weight is 615 g/mol. The smallest absolute Gasteiger partial charge is 0.339 e. The maximum Gasteiger partial charge on any atom is 0.339 e. The molecule has 8 heteroatoms. The summed E-state index contributed by atoms with van der Waals surface area (Å²) < 4.78 is 11.0. The summed E-state index contributed by atoms with van der Waals surface area (Å²) in [7, 11) is 0. The summed E-state index contributed by atoms with van der Waals surface area (Å²) in [4.78, 5) is 34.6. The molecule has 0 amide bonds. The Hall–Kier alpha value is -4.40. The summed E-state index contributed by atoms with van der Waals surface area (Å²) in [6, 6.07) is 30.9. The number of carbonyl (C=O) groups excluding carboxylic acids is 2. The first kappa shape index (κ1) is 34.1. The molecule has 1 heterocycles. The Balaban J connectivity index is 0.000000238. The highest BCUT2D eigenvalue weighted by Gasteiger charge is 2.29. The van der Waals surface area contributed by atoms with Crippen molar-refractivity contribution < 1.29 is 34.1 Å². The highest BCUT2D eigenvalue weighted by molar-refractivity contribution is 8.00. The van der Waals surface area contributed by atoms with Crippen LogP contribution >= 0.6 is 11.8 Å². The normalized spacial score (nSPS) is 15.1. The van der Waals surface area contributed by atoms with Crippen LogP contribution in [0.25, 0.3) is 0 Å². The zero-order valence-corrected chi connectivity index (χ0v) is 26.0. The van der Waals surface area contributed by atoms with E-state index in [1.54, 1.807) is 60.3 Å². The SMILES string of the molecule is Cc1ccc(C(=O)O)cc1.Cc1ccc(C(=O)OC[C@H]2CCC(OC(=O)c3ccc(C)cc3)S2)cc1.OCc1ccccc1. The highest BCUT2D eigenvalue weighted by atomic mass is 32.2. The van der Waals surface area contributed by atoms with Crippen LogP contribution in [0.2, 0.25) is 0 Å². The van der Waals surface area contributed by atoms with Gasteiger partial charge in [0.1, 0.15) is 12.0 Å². The summed E-state index contributed by atoms with van der Waals surface area (Å²) in [5.74, 6) is -1.49. The minimum atomic E-state index is -0.875. The summed E-state index contributed by atoms with van der Waals surface area (Å²) in [5, 5.41) is 17.2. The van der Waals surface area contributed by atoms with Crippen molar-refractivity contribution in [3.8, 4) is 0 Å². The Morgan fingerprint density at radius 2 is 1.16 bits per heavy atom. The number of rotatable bonds is 7.